The quantitative estimate of drug-likeness (QED) is 0.742. The van der Waals surface area contributed by atoms with Gasteiger partial charge in [0.05, 0.1) is 6.54 Å². The lowest BCUT2D eigenvalue weighted by molar-refractivity contribution is 0.447. The average Bonchev–Trinajstić information content (AvgIpc) is 2.29. The normalized spacial score (nSPS) is 12.0. The molecule has 0 fully saturated rings. The van der Waals surface area contributed by atoms with Crippen molar-refractivity contribution < 1.29 is 0 Å². The molecule has 0 saturated carbocycles. The largest absolute Gasteiger partial charge is 0.299 e. The molecule has 0 spiro atoms. The van der Waals surface area contributed by atoms with Crippen LogP contribution in [0.3, 0.4) is 0 Å². The highest BCUT2D eigenvalue weighted by Crippen LogP contribution is 2.20. The van der Waals surface area contributed by atoms with E-state index in [0.717, 1.165) is 13.0 Å². The fraction of sp³-hybridized carbons (Fsp3) is 0.467. The Morgan fingerprint density at radius 3 is 2.44 bits per heavy atom. The second kappa shape index (κ2) is 7.09. The van der Waals surface area contributed by atoms with Crippen LogP contribution in [0.2, 0.25) is 0 Å². The van der Waals surface area contributed by atoms with Crippen molar-refractivity contribution in [3.05, 3.63) is 35.9 Å². The molecule has 1 aromatic carbocycles. The lowest BCUT2D eigenvalue weighted by Gasteiger charge is -2.19. The minimum absolute atomic E-state index is 0.419. The van der Waals surface area contributed by atoms with Crippen LogP contribution in [-0.2, 0) is 0 Å². The summed E-state index contributed by atoms with van der Waals surface area (Å²) in [7, 11) is 0. The van der Waals surface area contributed by atoms with Crippen molar-refractivity contribution in [1.29, 1.82) is 0 Å². The Bertz CT molecular complexity index is 343. The molecule has 0 aromatic heterocycles. The van der Waals surface area contributed by atoms with E-state index in [9.17, 15) is 0 Å². The van der Waals surface area contributed by atoms with Crippen molar-refractivity contribution >= 4 is 0 Å². The maximum atomic E-state index is 3.49. The fourth-order valence-corrected chi connectivity index (χ4v) is 1.76. The topological polar surface area (TPSA) is 12.0 Å². The van der Waals surface area contributed by atoms with E-state index in [1.54, 1.807) is 0 Å². The first kappa shape index (κ1) is 12.8. The number of nitrogens with one attached hydrogen (secondary N) is 1. The van der Waals surface area contributed by atoms with Gasteiger partial charge in [-0.2, -0.15) is 0 Å². The maximum Gasteiger partial charge on any atom is 0.0581 e. The summed E-state index contributed by atoms with van der Waals surface area (Å²) in [6.45, 7) is 7.15. The second-order valence-corrected chi connectivity index (χ2v) is 4.40. The van der Waals surface area contributed by atoms with Crippen LogP contribution in [0.5, 0.6) is 0 Å². The van der Waals surface area contributed by atoms with Gasteiger partial charge in [-0.25, -0.2) is 0 Å². The minimum Gasteiger partial charge on any atom is -0.299 e. The highest BCUT2D eigenvalue weighted by Gasteiger charge is 2.11. The van der Waals surface area contributed by atoms with Crippen LogP contribution in [-0.4, -0.2) is 6.54 Å². The first-order valence-corrected chi connectivity index (χ1v) is 5.92. The first-order valence-electron chi connectivity index (χ1n) is 5.92. The number of benzene rings is 1. The van der Waals surface area contributed by atoms with Gasteiger partial charge in [-0.1, -0.05) is 50.1 Å². The summed E-state index contributed by atoms with van der Waals surface area (Å²) in [6.07, 6.45) is 1.15. The van der Waals surface area contributed by atoms with E-state index in [2.05, 4.69) is 61.3 Å². The molecule has 1 aromatic rings. The van der Waals surface area contributed by atoms with Gasteiger partial charge in [0.1, 0.15) is 0 Å². The standard InChI is InChI=1S/C15H21N/c1-4-5-11-16-15(12-13(2)3)14-9-7-6-8-10-14/h6-10,13,15-16H,11-12H2,1-3H3. The summed E-state index contributed by atoms with van der Waals surface area (Å²) in [4.78, 5) is 0. The van der Waals surface area contributed by atoms with Gasteiger partial charge in [0.2, 0.25) is 0 Å². The van der Waals surface area contributed by atoms with Crippen molar-refractivity contribution in [2.24, 2.45) is 5.92 Å². The maximum absolute atomic E-state index is 3.49. The van der Waals surface area contributed by atoms with E-state index in [0.29, 0.717) is 12.0 Å². The number of hydrogen-bond acceptors (Lipinski definition) is 1. The molecular formula is C15H21N. The van der Waals surface area contributed by atoms with Gasteiger partial charge >= 0.3 is 0 Å². The molecule has 0 radical (unpaired) electrons. The van der Waals surface area contributed by atoms with Crippen molar-refractivity contribution in [2.45, 2.75) is 33.2 Å². The molecule has 1 unspecified atom stereocenters. The van der Waals surface area contributed by atoms with Gasteiger partial charge in [-0.15, -0.1) is 5.92 Å². The summed E-state index contributed by atoms with van der Waals surface area (Å²) >= 11 is 0. The fourth-order valence-electron chi connectivity index (χ4n) is 1.76. The second-order valence-electron chi connectivity index (χ2n) is 4.40. The highest BCUT2D eigenvalue weighted by molar-refractivity contribution is 5.19. The SMILES string of the molecule is CC#CCNC(CC(C)C)c1ccccc1. The molecule has 0 amide bonds. The molecule has 1 atom stereocenters. The zero-order chi connectivity index (χ0) is 11.8. The van der Waals surface area contributed by atoms with Crippen molar-refractivity contribution in [3.63, 3.8) is 0 Å². The van der Waals surface area contributed by atoms with Crippen LogP contribution in [0, 0.1) is 17.8 Å². The van der Waals surface area contributed by atoms with Crippen LogP contribution >= 0.6 is 0 Å². The van der Waals surface area contributed by atoms with E-state index >= 15 is 0 Å². The van der Waals surface area contributed by atoms with Gasteiger partial charge < -0.3 is 0 Å². The Balaban J connectivity index is 2.66. The average molecular weight is 215 g/mol. The predicted octanol–water partition coefficient (Wildman–Crippen LogP) is 3.39. The Morgan fingerprint density at radius 1 is 1.19 bits per heavy atom. The molecule has 1 N–H and O–H groups in total. The summed E-state index contributed by atoms with van der Waals surface area (Å²) in [6, 6.07) is 11.0. The van der Waals surface area contributed by atoms with Crippen LogP contribution in [0.15, 0.2) is 30.3 Å². The van der Waals surface area contributed by atoms with Crippen LogP contribution in [0.4, 0.5) is 0 Å². The van der Waals surface area contributed by atoms with E-state index in [-0.39, 0.29) is 0 Å². The summed E-state index contributed by atoms with van der Waals surface area (Å²) in [5, 5.41) is 3.49. The van der Waals surface area contributed by atoms with Gasteiger partial charge in [0.15, 0.2) is 0 Å². The molecule has 1 heteroatoms. The van der Waals surface area contributed by atoms with E-state index in [1.807, 2.05) is 6.92 Å². The smallest absolute Gasteiger partial charge is 0.0581 e. The van der Waals surface area contributed by atoms with Gasteiger partial charge in [-0.05, 0) is 24.8 Å². The molecule has 0 aliphatic heterocycles. The summed E-state index contributed by atoms with van der Waals surface area (Å²) in [5.74, 6) is 6.66. The molecule has 0 aliphatic carbocycles. The van der Waals surface area contributed by atoms with Gasteiger partial charge in [0.25, 0.3) is 0 Å². The van der Waals surface area contributed by atoms with Crippen molar-refractivity contribution in [2.75, 3.05) is 6.54 Å². The lowest BCUT2D eigenvalue weighted by Crippen LogP contribution is -2.23. The number of hydrogen-bond donors (Lipinski definition) is 1. The Morgan fingerprint density at radius 2 is 1.88 bits per heavy atom. The molecule has 1 nitrogen and oxygen atoms in total. The predicted molar refractivity (Wildman–Crippen MR) is 70.1 cm³/mol. The van der Waals surface area contributed by atoms with Crippen molar-refractivity contribution in [3.8, 4) is 11.8 Å². The Labute approximate surface area is 99.3 Å². The summed E-state index contributed by atoms with van der Waals surface area (Å²) in [5.41, 5.74) is 1.36. The molecule has 0 saturated heterocycles. The molecule has 16 heavy (non-hydrogen) atoms. The molecule has 0 bridgehead atoms. The highest BCUT2D eigenvalue weighted by atomic mass is 14.9. The third kappa shape index (κ3) is 4.51. The van der Waals surface area contributed by atoms with Crippen LogP contribution in [0.1, 0.15) is 38.8 Å². The Kier molecular flexibility index (Phi) is 5.67. The van der Waals surface area contributed by atoms with E-state index < -0.39 is 0 Å². The zero-order valence-corrected chi connectivity index (χ0v) is 10.5. The molecular weight excluding hydrogens is 194 g/mol. The lowest BCUT2D eigenvalue weighted by atomic mass is 9.97. The molecule has 1 rings (SSSR count). The third-order valence-electron chi connectivity index (χ3n) is 2.52. The minimum atomic E-state index is 0.419. The first-order chi connectivity index (χ1) is 7.74. The van der Waals surface area contributed by atoms with E-state index in [1.165, 1.54) is 5.56 Å². The van der Waals surface area contributed by atoms with Crippen LogP contribution < -0.4 is 5.32 Å². The monoisotopic (exact) mass is 215 g/mol. The molecule has 0 aliphatic rings. The number of rotatable bonds is 5. The Hall–Kier alpha value is -1.26. The summed E-state index contributed by atoms with van der Waals surface area (Å²) < 4.78 is 0. The molecule has 86 valence electrons. The van der Waals surface area contributed by atoms with E-state index in [4.69, 9.17) is 0 Å². The van der Waals surface area contributed by atoms with Crippen LogP contribution in [0.25, 0.3) is 0 Å². The molecule has 0 heterocycles. The third-order valence-corrected chi connectivity index (χ3v) is 2.52. The van der Waals surface area contributed by atoms with Gasteiger partial charge in [-0.3, -0.25) is 5.32 Å². The van der Waals surface area contributed by atoms with Gasteiger partial charge in [0, 0.05) is 6.04 Å². The van der Waals surface area contributed by atoms with Crippen molar-refractivity contribution in [1.82, 2.24) is 5.32 Å². The zero-order valence-electron chi connectivity index (χ0n) is 10.5.